The van der Waals surface area contributed by atoms with Gasteiger partial charge in [-0.05, 0) is 37.9 Å². The molecule has 2 unspecified atom stereocenters. The minimum Gasteiger partial charge on any atom is -0.328 e. The monoisotopic (exact) mass is 289 g/mol. The fourth-order valence-electron chi connectivity index (χ4n) is 3.26. The molecule has 1 aromatic carbocycles. The number of halogens is 1. The average Bonchev–Trinajstić information content (AvgIpc) is 2.86. The highest BCUT2D eigenvalue weighted by Gasteiger charge is 2.25. The van der Waals surface area contributed by atoms with Gasteiger partial charge in [0.15, 0.2) is 0 Å². The van der Waals surface area contributed by atoms with E-state index < -0.39 is 6.17 Å². The summed E-state index contributed by atoms with van der Waals surface area (Å²) in [7, 11) is 0. The first kappa shape index (κ1) is 14.5. The van der Waals surface area contributed by atoms with Crippen molar-refractivity contribution >= 4 is 11.0 Å². The highest BCUT2D eigenvalue weighted by molar-refractivity contribution is 5.75. The number of para-hydroxylation sites is 2. The molecule has 114 valence electrons. The molecule has 1 aliphatic rings. The quantitative estimate of drug-likeness (QED) is 0.913. The van der Waals surface area contributed by atoms with Gasteiger partial charge in [0.2, 0.25) is 0 Å². The van der Waals surface area contributed by atoms with Crippen molar-refractivity contribution in [2.24, 2.45) is 0 Å². The van der Waals surface area contributed by atoms with E-state index in [1.165, 1.54) is 0 Å². The van der Waals surface area contributed by atoms with E-state index in [4.69, 9.17) is 0 Å². The number of hydrogen-bond donors (Lipinski definition) is 1. The van der Waals surface area contributed by atoms with Crippen LogP contribution in [0.3, 0.4) is 0 Å². The van der Waals surface area contributed by atoms with Crippen LogP contribution in [0, 0.1) is 0 Å². The Morgan fingerprint density at radius 2 is 2.24 bits per heavy atom. The van der Waals surface area contributed by atoms with Gasteiger partial charge in [-0.1, -0.05) is 25.5 Å². The number of aromatic nitrogens is 2. The van der Waals surface area contributed by atoms with Gasteiger partial charge in [-0.25, -0.2) is 9.37 Å². The summed E-state index contributed by atoms with van der Waals surface area (Å²) in [5.74, 6) is 0.887. The molecule has 3 nitrogen and oxygen atoms in total. The second kappa shape index (κ2) is 6.56. The number of nitrogens with zero attached hydrogens (tertiary/aromatic N) is 2. The third-order valence-electron chi connectivity index (χ3n) is 4.34. The van der Waals surface area contributed by atoms with Gasteiger partial charge in [0.05, 0.1) is 11.0 Å². The molecule has 1 N–H and O–H groups in total. The number of alkyl halides is 1. The van der Waals surface area contributed by atoms with Gasteiger partial charge >= 0.3 is 0 Å². The van der Waals surface area contributed by atoms with E-state index in [2.05, 4.69) is 27.9 Å². The molecule has 1 aliphatic heterocycles. The number of aryl methyl sites for hydroxylation is 1. The summed E-state index contributed by atoms with van der Waals surface area (Å²) in [4.78, 5) is 4.66. The van der Waals surface area contributed by atoms with Crippen LogP contribution in [0.1, 0.15) is 38.4 Å². The van der Waals surface area contributed by atoms with Gasteiger partial charge in [-0.3, -0.25) is 0 Å². The van der Waals surface area contributed by atoms with Crippen LogP contribution in [-0.2, 0) is 13.0 Å². The smallest absolute Gasteiger partial charge is 0.122 e. The lowest BCUT2D eigenvalue weighted by atomic mass is 9.99. The number of benzene rings is 1. The van der Waals surface area contributed by atoms with Crippen molar-refractivity contribution in [1.82, 2.24) is 14.9 Å². The van der Waals surface area contributed by atoms with E-state index >= 15 is 0 Å². The minimum absolute atomic E-state index is 0.00589. The number of piperidine rings is 1. The van der Waals surface area contributed by atoms with Crippen molar-refractivity contribution in [2.45, 2.75) is 57.8 Å². The normalized spacial score (nSPS) is 20.8. The Bertz CT molecular complexity index is 587. The average molecular weight is 289 g/mol. The SMILES string of the molecule is CCCn1c(CC(F)C2CCCCN2)nc2ccccc21. The van der Waals surface area contributed by atoms with Gasteiger partial charge in [-0.2, -0.15) is 0 Å². The molecule has 4 heteroatoms. The lowest BCUT2D eigenvalue weighted by molar-refractivity contribution is 0.213. The van der Waals surface area contributed by atoms with Crippen LogP contribution in [0.4, 0.5) is 4.39 Å². The Balaban J connectivity index is 1.83. The molecule has 2 heterocycles. The molecular weight excluding hydrogens is 265 g/mol. The minimum atomic E-state index is -0.849. The molecule has 21 heavy (non-hydrogen) atoms. The summed E-state index contributed by atoms with van der Waals surface area (Å²) in [6.07, 6.45) is 3.83. The maximum Gasteiger partial charge on any atom is 0.122 e. The van der Waals surface area contributed by atoms with E-state index in [0.717, 1.165) is 55.6 Å². The van der Waals surface area contributed by atoms with Crippen LogP contribution in [-0.4, -0.2) is 28.3 Å². The zero-order valence-corrected chi connectivity index (χ0v) is 12.7. The van der Waals surface area contributed by atoms with Crippen LogP contribution >= 0.6 is 0 Å². The van der Waals surface area contributed by atoms with E-state index in [1.807, 2.05) is 18.2 Å². The molecule has 0 aliphatic carbocycles. The lowest BCUT2D eigenvalue weighted by Crippen LogP contribution is -2.42. The molecule has 0 saturated carbocycles. The Kier molecular flexibility index (Phi) is 4.54. The van der Waals surface area contributed by atoms with Gasteiger partial charge in [0.1, 0.15) is 12.0 Å². The van der Waals surface area contributed by atoms with Gasteiger partial charge in [0.25, 0.3) is 0 Å². The Morgan fingerprint density at radius 1 is 1.38 bits per heavy atom. The van der Waals surface area contributed by atoms with Crippen molar-refractivity contribution in [2.75, 3.05) is 6.54 Å². The second-order valence-corrected chi connectivity index (χ2v) is 5.94. The van der Waals surface area contributed by atoms with Gasteiger partial charge in [-0.15, -0.1) is 0 Å². The summed E-state index contributed by atoms with van der Waals surface area (Å²) in [5, 5.41) is 3.31. The standard InChI is InChI=1S/C17H24FN3/c1-2-11-21-16-9-4-3-8-15(16)20-17(21)12-13(18)14-7-5-6-10-19-14/h3-4,8-9,13-14,19H,2,5-7,10-12H2,1H3. The molecule has 1 aromatic heterocycles. The number of imidazole rings is 1. The summed E-state index contributed by atoms with van der Waals surface area (Å²) >= 11 is 0. The predicted octanol–water partition coefficient (Wildman–Crippen LogP) is 3.47. The molecule has 1 saturated heterocycles. The zero-order valence-electron chi connectivity index (χ0n) is 12.7. The number of hydrogen-bond acceptors (Lipinski definition) is 2. The first-order valence-corrected chi connectivity index (χ1v) is 8.11. The molecule has 0 amide bonds. The van der Waals surface area contributed by atoms with E-state index in [1.54, 1.807) is 0 Å². The van der Waals surface area contributed by atoms with Gasteiger partial charge in [0, 0.05) is 19.0 Å². The first-order valence-electron chi connectivity index (χ1n) is 8.11. The molecule has 0 bridgehead atoms. The molecule has 3 rings (SSSR count). The number of nitrogens with one attached hydrogen (secondary N) is 1. The number of rotatable bonds is 5. The highest BCUT2D eigenvalue weighted by atomic mass is 19.1. The molecular formula is C17H24FN3. The van der Waals surface area contributed by atoms with Crippen molar-refractivity contribution in [1.29, 1.82) is 0 Å². The third kappa shape index (κ3) is 3.10. The largest absolute Gasteiger partial charge is 0.328 e. The van der Waals surface area contributed by atoms with E-state index in [0.29, 0.717) is 6.42 Å². The van der Waals surface area contributed by atoms with Crippen LogP contribution in [0.5, 0.6) is 0 Å². The van der Waals surface area contributed by atoms with E-state index in [-0.39, 0.29) is 6.04 Å². The summed E-state index contributed by atoms with van der Waals surface area (Å²) in [5.41, 5.74) is 2.10. The Hall–Kier alpha value is -1.42. The topological polar surface area (TPSA) is 29.9 Å². The molecule has 0 radical (unpaired) electrons. The van der Waals surface area contributed by atoms with Crippen LogP contribution in [0.25, 0.3) is 11.0 Å². The third-order valence-corrected chi connectivity index (χ3v) is 4.34. The fraction of sp³-hybridized carbons (Fsp3) is 0.588. The van der Waals surface area contributed by atoms with Crippen LogP contribution < -0.4 is 5.32 Å². The predicted molar refractivity (Wildman–Crippen MR) is 84.3 cm³/mol. The lowest BCUT2D eigenvalue weighted by Gasteiger charge is -2.26. The summed E-state index contributed by atoms with van der Waals surface area (Å²) in [6.45, 7) is 3.99. The Morgan fingerprint density at radius 3 is 3.00 bits per heavy atom. The molecule has 0 spiro atoms. The van der Waals surface area contributed by atoms with E-state index in [9.17, 15) is 4.39 Å². The highest BCUT2D eigenvalue weighted by Crippen LogP contribution is 2.21. The molecule has 2 atom stereocenters. The zero-order chi connectivity index (χ0) is 14.7. The van der Waals surface area contributed by atoms with Crippen molar-refractivity contribution in [3.8, 4) is 0 Å². The maximum absolute atomic E-state index is 14.6. The van der Waals surface area contributed by atoms with Crippen LogP contribution in [0.2, 0.25) is 0 Å². The van der Waals surface area contributed by atoms with Crippen LogP contribution in [0.15, 0.2) is 24.3 Å². The summed E-state index contributed by atoms with van der Waals surface area (Å²) in [6, 6.07) is 8.10. The second-order valence-electron chi connectivity index (χ2n) is 5.94. The number of fused-ring (bicyclic) bond motifs is 1. The maximum atomic E-state index is 14.6. The Labute approximate surface area is 125 Å². The van der Waals surface area contributed by atoms with Crippen molar-refractivity contribution in [3.63, 3.8) is 0 Å². The molecule has 1 fully saturated rings. The summed E-state index contributed by atoms with van der Waals surface area (Å²) < 4.78 is 16.8. The van der Waals surface area contributed by atoms with Gasteiger partial charge < -0.3 is 9.88 Å². The van der Waals surface area contributed by atoms with Crippen molar-refractivity contribution < 1.29 is 4.39 Å². The fourth-order valence-corrected chi connectivity index (χ4v) is 3.26. The molecule has 2 aromatic rings. The van der Waals surface area contributed by atoms with Crippen molar-refractivity contribution in [3.05, 3.63) is 30.1 Å². The first-order chi connectivity index (χ1) is 10.3.